The van der Waals surface area contributed by atoms with Gasteiger partial charge in [-0.2, -0.15) is 0 Å². The minimum atomic E-state index is -0.643. The lowest BCUT2D eigenvalue weighted by Crippen LogP contribution is -2.29. The lowest BCUT2D eigenvalue weighted by atomic mass is 9.92. The van der Waals surface area contributed by atoms with Crippen LogP contribution in [0.4, 0.5) is 0 Å². The third-order valence-corrected chi connectivity index (χ3v) is 3.21. The molecule has 0 bridgehead atoms. The van der Waals surface area contributed by atoms with E-state index >= 15 is 0 Å². The van der Waals surface area contributed by atoms with Crippen molar-refractivity contribution in [2.75, 3.05) is 13.6 Å². The van der Waals surface area contributed by atoms with Gasteiger partial charge in [0.1, 0.15) is 5.60 Å². The molecule has 0 aromatic heterocycles. The van der Waals surface area contributed by atoms with Crippen LogP contribution in [0.15, 0.2) is 30.3 Å². The number of β-amino-alcohol motifs (C(OH)–C–C–N with tert-alkyl or cyclic N) is 1. The average molecular weight is 191 g/mol. The molecule has 2 unspecified atom stereocenters. The summed E-state index contributed by atoms with van der Waals surface area (Å²) in [5.41, 5.74) is 0.395. The minimum absolute atomic E-state index is 0.459. The maximum absolute atomic E-state index is 10.5. The Hall–Kier alpha value is -0.860. The molecule has 2 nitrogen and oxygen atoms in total. The predicted molar refractivity (Wildman–Crippen MR) is 57.0 cm³/mol. The summed E-state index contributed by atoms with van der Waals surface area (Å²) < 4.78 is 0. The summed E-state index contributed by atoms with van der Waals surface area (Å²) in [4.78, 5) is 2.20. The minimum Gasteiger partial charge on any atom is -0.384 e. The van der Waals surface area contributed by atoms with Crippen molar-refractivity contribution in [1.29, 1.82) is 0 Å². The van der Waals surface area contributed by atoms with Crippen molar-refractivity contribution in [2.24, 2.45) is 0 Å². The van der Waals surface area contributed by atoms with Crippen molar-refractivity contribution in [3.05, 3.63) is 35.9 Å². The molecule has 0 radical (unpaired) electrons. The lowest BCUT2D eigenvalue weighted by molar-refractivity contribution is 0.0486. The van der Waals surface area contributed by atoms with E-state index in [1.165, 1.54) is 0 Å². The van der Waals surface area contributed by atoms with E-state index in [4.69, 9.17) is 0 Å². The van der Waals surface area contributed by atoms with E-state index in [1.807, 2.05) is 30.3 Å². The van der Waals surface area contributed by atoms with Crippen molar-refractivity contribution < 1.29 is 5.11 Å². The standard InChI is InChI=1S/C12H17NO/c1-10-8-12(14,9-13(10)2)11-6-4-3-5-7-11/h3-7,10,14H,8-9H2,1-2H3. The van der Waals surface area contributed by atoms with E-state index in [1.54, 1.807) is 0 Å². The smallest absolute Gasteiger partial charge is 0.104 e. The molecule has 2 heteroatoms. The molecule has 1 aliphatic rings. The summed E-state index contributed by atoms with van der Waals surface area (Å²) in [5, 5.41) is 10.5. The molecule has 2 atom stereocenters. The molecule has 0 amide bonds. The number of nitrogens with zero attached hydrogens (tertiary/aromatic N) is 1. The van der Waals surface area contributed by atoms with Crippen LogP contribution < -0.4 is 0 Å². The molecule has 76 valence electrons. The van der Waals surface area contributed by atoms with Crippen molar-refractivity contribution in [3.63, 3.8) is 0 Å². The van der Waals surface area contributed by atoms with Crippen LogP contribution in [-0.4, -0.2) is 29.6 Å². The molecule has 1 aliphatic heterocycles. The van der Waals surface area contributed by atoms with E-state index < -0.39 is 5.60 Å². The number of likely N-dealkylation sites (tertiary alicyclic amines) is 1. The molecule has 1 aromatic rings. The Bertz CT molecular complexity index is 299. The van der Waals surface area contributed by atoms with Crippen LogP contribution in [0.2, 0.25) is 0 Å². The Labute approximate surface area is 85.2 Å². The van der Waals surface area contributed by atoms with E-state index in [9.17, 15) is 5.11 Å². The lowest BCUT2D eigenvalue weighted by Gasteiger charge is -2.22. The summed E-state index contributed by atoms with van der Waals surface area (Å²) in [6, 6.07) is 10.4. The molecule has 1 N–H and O–H groups in total. The fraction of sp³-hybridized carbons (Fsp3) is 0.500. The van der Waals surface area contributed by atoms with Gasteiger partial charge < -0.3 is 10.0 Å². The zero-order valence-corrected chi connectivity index (χ0v) is 8.77. The maximum atomic E-state index is 10.5. The summed E-state index contributed by atoms with van der Waals surface area (Å²) in [6.45, 7) is 2.89. The maximum Gasteiger partial charge on any atom is 0.104 e. The van der Waals surface area contributed by atoms with Gasteiger partial charge in [0.15, 0.2) is 0 Å². The average Bonchev–Trinajstić information content (AvgIpc) is 2.44. The van der Waals surface area contributed by atoms with Crippen LogP contribution in [0.1, 0.15) is 18.9 Å². The first-order chi connectivity index (χ1) is 6.62. The quantitative estimate of drug-likeness (QED) is 0.729. The van der Waals surface area contributed by atoms with Crippen molar-refractivity contribution in [2.45, 2.75) is 25.0 Å². The van der Waals surface area contributed by atoms with Crippen molar-refractivity contribution >= 4 is 0 Å². The number of aliphatic hydroxyl groups is 1. The second kappa shape index (κ2) is 3.37. The monoisotopic (exact) mass is 191 g/mol. The summed E-state index contributed by atoms with van der Waals surface area (Å²) in [5.74, 6) is 0. The van der Waals surface area contributed by atoms with Crippen LogP contribution in [0, 0.1) is 0 Å². The molecule has 1 saturated heterocycles. The first kappa shape index (κ1) is 9.69. The predicted octanol–water partition coefficient (Wildman–Crippen LogP) is 1.60. The second-order valence-electron chi connectivity index (χ2n) is 4.37. The van der Waals surface area contributed by atoms with Gasteiger partial charge in [0.25, 0.3) is 0 Å². The molecule has 14 heavy (non-hydrogen) atoms. The van der Waals surface area contributed by atoms with Crippen LogP contribution in [0.3, 0.4) is 0 Å². The van der Waals surface area contributed by atoms with E-state index in [0.717, 1.165) is 18.5 Å². The molecule has 1 fully saturated rings. The molecular weight excluding hydrogens is 174 g/mol. The largest absolute Gasteiger partial charge is 0.384 e. The van der Waals surface area contributed by atoms with E-state index in [2.05, 4.69) is 18.9 Å². The van der Waals surface area contributed by atoms with Gasteiger partial charge in [-0.3, -0.25) is 0 Å². The second-order valence-corrected chi connectivity index (χ2v) is 4.37. The number of rotatable bonds is 1. The Morgan fingerprint density at radius 3 is 2.50 bits per heavy atom. The van der Waals surface area contributed by atoms with Gasteiger partial charge in [0.05, 0.1) is 0 Å². The molecule has 0 aliphatic carbocycles. The topological polar surface area (TPSA) is 23.5 Å². The van der Waals surface area contributed by atoms with Crippen LogP contribution >= 0.6 is 0 Å². The first-order valence-corrected chi connectivity index (χ1v) is 5.10. The third kappa shape index (κ3) is 1.56. The highest BCUT2D eigenvalue weighted by molar-refractivity contribution is 5.24. The van der Waals surface area contributed by atoms with Crippen LogP contribution in [0.5, 0.6) is 0 Å². The zero-order chi connectivity index (χ0) is 10.2. The molecular formula is C12H17NO. The van der Waals surface area contributed by atoms with Gasteiger partial charge in [-0.1, -0.05) is 30.3 Å². The van der Waals surface area contributed by atoms with E-state index in [0.29, 0.717) is 6.04 Å². The highest BCUT2D eigenvalue weighted by atomic mass is 16.3. The SMILES string of the molecule is CC1CC(O)(c2ccccc2)CN1C. The highest BCUT2D eigenvalue weighted by Crippen LogP contribution is 2.34. The Kier molecular flexibility index (Phi) is 2.33. The molecule has 1 heterocycles. The third-order valence-electron chi connectivity index (χ3n) is 3.21. The van der Waals surface area contributed by atoms with E-state index in [-0.39, 0.29) is 0 Å². The summed E-state index contributed by atoms with van der Waals surface area (Å²) in [7, 11) is 2.06. The Balaban J connectivity index is 2.27. The van der Waals surface area contributed by atoms with Crippen molar-refractivity contribution in [3.8, 4) is 0 Å². The fourth-order valence-electron chi connectivity index (χ4n) is 2.24. The van der Waals surface area contributed by atoms with Crippen LogP contribution in [-0.2, 0) is 5.60 Å². The summed E-state index contributed by atoms with van der Waals surface area (Å²) >= 11 is 0. The number of hydrogen-bond acceptors (Lipinski definition) is 2. The number of hydrogen-bond donors (Lipinski definition) is 1. The zero-order valence-electron chi connectivity index (χ0n) is 8.77. The number of likely N-dealkylation sites (N-methyl/N-ethyl adjacent to an activating group) is 1. The van der Waals surface area contributed by atoms with Crippen molar-refractivity contribution in [1.82, 2.24) is 4.90 Å². The molecule has 2 rings (SSSR count). The summed E-state index contributed by atoms with van der Waals surface area (Å²) in [6.07, 6.45) is 0.827. The highest BCUT2D eigenvalue weighted by Gasteiger charge is 2.39. The van der Waals surface area contributed by atoms with Gasteiger partial charge in [0, 0.05) is 12.6 Å². The van der Waals surface area contributed by atoms with Gasteiger partial charge in [-0.25, -0.2) is 0 Å². The molecule has 0 saturated carbocycles. The van der Waals surface area contributed by atoms with Crippen LogP contribution in [0.25, 0.3) is 0 Å². The Morgan fingerprint density at radius 1 is 1.36 bits per heavy atom. The van der Waals surface area contributed by atoms with Gasteiger partial charge in [0.2, 0.25) is 0 Å². The normalized spacial score (nSPS) is 33.5. The van der Waals surface area contributed by atoms with Gasteiger partial charge >= 0.3 is 0 Å². The molecule has 1 aromatic carbocycles. The van der Waals surface area contributed by atoms with Gasteiger partial charge in [-0.15, -0.1) is 0 Å². The number of benzene rings is 1. The first-order valence-electron chi connectivity index (χ1n) is 5.10. The Morgan fingerprint density at radius 2 is 2.00 bits per heavy atom. The fourth-order valence-corrected chi connectivity index (χ4v) is 2.24. The molecule has 0 spiro atoms. The van der Waals surface area contributed by atoms with Gasteiger partial charge in [-0.05, 0) is 26.0 Å².